The summed E-state index contributed by atoms with van der Waals surface area (Å²) in [5.41, 5.74) is 1.66. The van der Waals surface area contributed by atoms with Gasteiger partial charge in [-0.15, -0.1) is 0 Å². The molecule has 1 fully saturated rings. The maximum absolute atomic E-state index is 13.6. The van der Waals surface area contributed by atoms with Crippen LogP contribution in [0.1, 0.15) is 25.0 Å². The van der Waals surface area contributed by atoms with Crippen LogP contribution in [-0.4, -0.2) is 31.1 Å². The molecule has 1 heterocycles. The molecule has 8 nitrogen and oxygen atoms in total. The number of carbonyl (C=O) groups is 3. The highest BCUT2D eigenvalue weighted by Gasteiger charge is 2.38. The van der Waals surface area contributed by atoms with E-state index >= 15 is 0 Å². The van der Waals surface area contributed by atoms with E-state index in [1.807, 2.05) is 37.3 Å². The molecule has 0 aromatic heterocycles. The summed E-state index contributed by atoms with van der Waals surface area (Å²) >= 11 is 4.35. The Kier molecular flexibility index (Phi) is 9.31. The van der Waals surface area contributed by atoms with Gasteiger partial charge in [-0.1, -0.05) is 36.4 Å². The van der Waals surface area contributed by atoms with Gasteiger partial charge in [0.05, 0.1) is 26.0 Å². The number of barbiturate groups is 1. The van der Waals surface area contributed by atoms with Crippen molar-refractivity contribution in [2.45, 2.75) is 20.5 Å². The number of halogens is 2. The monoisotopic (exact) mass is 788 g/mol. The van der Waals surface area contributed by atoms with Gasteiger partial charge >= 0.3 is 6.03 Å². The highest BCUT2D eigenvalue weighted by molar-refractivity contribution is 14.1. The zero-order valence-electron chi connectivity index (χ0n) is 22.8. The van der Waals surface area contributed by atoms with E-state index < -0.39 is 17.8 Å². The minimum Gasteiger partial charge on any atom is -0.494 e. The van der Waals surface area contributed by atoms with Gasteiger partial charge in [0, 0.05) is 6.07 Å². The van der Waals surface area contributed by atoms with Crippen molar-refractivity contribution in [3.8, 4) is 17.2 Å². The lowest BCUT2D eigenvalue weighted by Crippen LogP contribution is -2.54. The first-order chi connectivity index (χ1) is 20.3. The summed E-state index contributed by atoms with van der Waals surface area (Å²) in [6.07, 6.45) is 1.47. The molecule has 42 heavy (non-hydrogen) atoms. The number of nitrogens with one attached hydrogen (secondary N) is 1. The smallest absolute Gasteiger partial charge is 0.336 e. The molecule has 214 valence electrons. The summed E-state index contributed by atoms with van der Waals surface area (Å²) in [6, 6.07) is 22.0. The molecule has 4 aromatic rings. The molecule has 0 atom stereocenters. The van der Waals surface area contributed by atoms with Crippen molar-refractivity contribution in [2.75, 3.05) is 18.1 Å². The Morgan fingerprint density at radius 3 is 2.24 bits per heavy atom. The number of hydrogen-bond acceptors (Lipinski definition) is 6. The first kappa shape index (κ1) is 29.8. The normalized spacial score (nSPS) is 14.3. The Balaban J connectivity index is 1.42. The third kappa shape index (κ3) is 6.38. The third-order valence-electron chi connectivity index (χ3n) is 6.41. The van der Waals surface area contributed by atoms with Crippen LogP contribution in [0.3, 0.4) is 0 Å². The van der Waals surface area contributed by atoms with E-state index in [-0.39, 0.29) is 11.3 Å². The second-order valence-electron chi connectivity index (χ2n) is 9.24. The number of fused-ring (bicyclic) bond motifs is 1. The van der Waals surface area contributed by atoms with E-state index in [9.17, 15) is 14.4 Å². The Labute approximate surface area is 270 Å². The molecule has 4 aromatic carbocycles. The SMILES string of the molecule is CCOc1ccc(OCC)c(N2C(=O)NC(=O)/C(=C\c3cc(I)c(OCc4ccc5ccccc5c4)c(I)c3)C2=O)c1. The fourth-order valence-corrected chi connectivity index (χ4v) is 6.66. The molecule has 1 N–H and O–H groups in total. The summed E-state index contributed by atoms with van der Waals surface area (Å²) in [7, 11) is 0. The maximum atomic E-state index is 13.6. The van der Waals surface area contributed by atoms with Gasteiger partial charge in [-0.3, -0.25) is 14.9 Å². The number of hydrogen-bond donors (Lipinski definition) is 1. The van der Waals surface area contributed by atoms with Gasteiger partial charge in [0.25, 0.3) is 11.8 Å². The third-order valence-corrected chi connectivity index (χ3v) is 8.02. The van der Waals surface area contributed by atoms with Crippen molar-refractivity contribution in [3.05, 3.63) is 96.6 Å². The summed E-state index contributed by atoms with van der Waals surface area (Å²) in [5.74, 6) is -0.0591. The number of benzene rings is 4. The molecular weight excluding hydrogens is 762 g/mol. The highest BCUT2D eigenvalue weighted by Crippen LogP contribution is 2.36. The number of imide groups is 2. The largest absolute Gasteiger partial charge is 0.494 e. The highest BCUT2D eigenvalue weighted by atomic mass is 127. The summed E-state index contributed by atoms with van der Waals surface area (Å²) in [4.78, 5) is 40.2. The Bertz CT molecular complexity index is 1710. The molecular formula is C32H26I2N2O6. The van der Waals surface area contributed by atoms with Gasteiger partial charge in [-0.2, -0.15) is 0 Å². The zero-order chi connectivity index (χ0) is 29.8. The van der Waals surface area contributed by atoms with Crippen molar-refractivity contribution in [3.63, 3.8) is 0 Å². The predicted octanol–water partition coefficient (Wildman–Crippen LogP) is 7.09. The van der Waals surface area contributed by atoms with Crippen LogP contribution in [-0.2, 0) is 16.2 Å². The van der Waals surface area contributed by atoms with Gasteiger partial charge in [0.2, 0.25) is 0 Å². The van der Waals surface area contributed by atoms with Crippen LogP contribution in [0.15, 0.2) is 78.4 Å². The molecule has 1 saturated heterocycles. The maximum Gasteiger partial charge on any atom is 0.336 e. The molecule has 0 spiro atoms. The zero-order valence-corrected chi connectivity index (χ0v) is 27.1. The fraction of sp³-hybridized carbons (Fsp3) is 0.156. The number of urea groups is 1. The van der Waals surface area contributed by atoms with Crippen LogP contribution in [0, 0.1) is 7.14 Å². The van der Waals surface area contributed by atoms with Crippen LogP contribution >= 0.6 is 45.2 Å². The van der Waals surface area contributed by atoms with Crippen LogP contribution in [0.5, 0.6) is 17.2 Å². The van der Waals surface area contributed by atoms with Crippen molar-refractivity contribution in [1.29, 1.82) is 0 Å². The van der Waals surface area contributed by atoms with Crippen molar-refractivity contribution >= 4 is 85.6 Å². The van der Waals surface area contributed by atoms with E-state index in [0.29, 0.717) is 42.6 Å². The van der Waals surface area contributed by atoms with Crippen LogP contribution in [0.2, 0.25) is 0 Å². The molecule has 4 amide bonds. The molecule has 0 aliphatic carbocycles. The molecule has 10 heteroatoms. The topological polar surface area (TPSA) is 94.2 Å². The van der Waals surface area contributed by atoms with Crippen LogP contribution in [0.25, 0.3) is 16.8 Å². The lowest BCUT2D eigenvalue weighted by atomic mass is 10.1. The molecule has 5 rings (SSSR count). The first-order valence-corrected chi connectivity index (χ1v) is 15.4. The molecule has 0 bridgehead atoms. The number of amides is 4. The Morgan fingerprint density at radius 2 is 1.52 bits per heavy atom. The van der Waals surface area contributed by atoms with E-state index in [1.165, 1.54) is 11.5 Å². The van der Waals surface area contributed by atoms with Gasteiger partial charge in [-0.05, 0) is 117 Å². The lowest BCUT2D eigenvalue weighted by molar-refractivity contribution is -0.122. The Morgan fingerprint density at radius 1 is 0.810 bits per heavy atom. The summed E-state index contributed by atoms with van der Waals surface area (Å²) in [5, 5.41) is 4.59. The van der Waals surface area contributed by atoms with E-state index in [4.69, 9.17) is 14.2 Å². The average molecular weight is 788 g/mol. The van der Waals surface area contributed by atoms with Crippen molar-refractivity contribution in [2.24, 2.45) is 0 Å². The summed E-state index contributed by atoms with van der Waals surface area (Å²) < 4.78 is 19.0. The fourth-order valence-electron chi connectivity index (χ4n) is 4.53. The van der Waals surface area contributed by atoms with Crippen molar-refractivity contribution in [1.82, 2.24) is 5.32 Å². The molecule has 0 unspecified atom stereocenters. The van der Waals surface area contributed by atoms with E-state index in [0.717, 1.165) is 23.0 Å². The van der Waals surface area contributed by atoms with Gasteiger partial charge < -0.3 is 14.2 Å². The predicted molar refractivity (Wildman–Crippen MR) is 178 cm³/mol. The number of nitrogens with zero attached hydrogens (tertiary/aromatic N) is 1. The average Bonchev–Trinajstić information content (AvgIpc) is 2.96. The minimum atomic E-state index is -0.863. The minimum absolute atomic E-state index is 0.185. The van der Waals surface area contributed by atoms with E-state index in [2.05, 4.69) is 74.8 Å². The van der Waals surface area contributed by atoms with Gasteiger partial charge in [0.15, 0.2) is 0 Å². The van der Waals surface area contributed by atoms with Crippen LogP contribution < -0.4 is 24.4 Å². The second kappa shape index (κ2) is 13.1. The number of rotatable bonds is 9. The van der Waals surface area contributed by atoms with Crippen molar-refractivity contribution < 1.29 is 28.6 Å². The van der Waals surface area contributed by atoms with E-state index in [1.54, 1.807) is 25.1 Å². The first-order valence-electron chi connectivity index (χ1n) is 13.2. The Hall–Kier alpha value is -3.65. The standard InChI is InChI=1S/C32H26I2N2O6/c1-3-40-23-11-12-28(41-4-2)27(17-23)36-31(38)24(30(37)35-32(36)39)14-20-15-25(33)29(26(34)16-20)42-18-19-9-10-21-7-5-6-8-22(21)13-19/h5-17H,3-4,18H2,1-2H3,(H,35,37,39)/b24-14+. The summed E-state index contributed by atoms with van der Waals surface area (Å²) in [6.45, 7) is 4.73. The molecule has 1 aliphatic heterocycles. The second-order valence-corrected chi connectivity index (χ2v) is 11.6. The van der Waals surface area contributed by atoms with Crippen LogP contribution in [0.4, 0.5) is 10.5 Å². The molecule has 0 saturated carbocycles. The number of ether oxygens (including phenoxy) is 3. The van der Waals surface area contributed by atoms with Gasteiger partial charge in [0.1, 0.15) is 29.4 Å². The van der Waals surface area contributed by atoms with Gasteiger partial charge in [-0.25, -0.2) is 9.69 Å². The lowest BCUT2D eigenvalue weighted by Gasteiger charge is -2.28. The molecule has 1 aliphatic rings. The number of anilines is 1. The molecule has 0 radical (unpaired) electrons. The quantitative estimate of drug-likeness (QED) is 0.111. The number of carbonyl (C=O) groups excluding carboxylic acids is 3.